The first-order valence-corrected chi connectivity index (χ1v) is 9.36. The van der Waals surface area contributed by atoms with E-state index >= 15 is 0 Å². The minimum Gasteiger partial charge on any atom is -0.497 e. The van der Waals surface area contributed by atoms with Crippen LogP contribution in [-0.2, 0) is 11.3 Å². The van der Waals surface area contributed by atoms with Gasteiger partial charge in [0.15, 0.2) is 5.17 Å². The van der Waals surface area contributed by atoms with E-state index in [2.05, 4.69) is 10.2 Å². The monoisotopic (exact) mass is 367 g/mol. The van der Waals surface area contributed by atoms with Crippen molar-refractivity contribution < 1.29 is 9.53 Å². The van der Waals surface area contributed by atoms with Gasteiger partial charge in [-0.3, -0.25) is 9.69 Å². The number of rotatable bonds is 6. The van der Waals surface area contributed by atoms with E-state index in [4.69, 9.17) is 4.74 Å². The van der Waals surface area contributed by atoms with E-state index in [0.29, 0.717) is 11.7 Å². The van der Waals surface area contributed by atoms with Crippen molar-refractivity contribution in [2.75, 3.05) is 7.11 Å². The number of thioether (sulfide) groups is 1. The van der Waals surface area contributed by atoms with Crippen molar-refractivity contribution in [1.82, 2.24) is 4.90 Å². The molecule has 26 heavy (non-hydrogen) atoms. The van der Waals surface area contributed by atoms with E-state index in [9.17, 15) is 4.79 Å². The maximum atomic E-state index is 12.6. The lowest BCUT2D eigenvalue weighted by Gasteiger charge is -2.15. The number of hydrogen-bond donors (Lipinski definition) is 0. The highest BCUT2D eigenvalue weighted by molar-refractivity contribution is 8.15. The number of methoxy groups -OCH3 is 1. The fraction of sp³-hybridized carbons (Fsp3) is 0.250. The van der Waals surface area contributed by atoms with Gasteiger partial charge in [0, 0.05) is 0 Å². The van der Waals surface area contributed by atoms with Crippen LogP contribution >= 0.6 is 11.8 Å². The number of carbonyl (C=O) groups is 1. The Morgan fingerprint density at radius 2 is 1.88 bits per heavy atom. The zero-order chi connectivity index (χ0) is 18.4. The van der Waals surface area contributed by atoms with Gasteiger partial charge in [0.25, 0.3) is 0 Å². The first-order valence-electron chi connectivity index (χ1n) is 8.48. The van der Waals surface area contributed by atoms with Crippen molar-refractivity contribution in [3.8, 4) is 5.75 Å². The second kappa shape index (κ2) is 8.67. The van der Waals surface area contributed by atoms with Crippen LogP contribution in [0, 0.1) is 0 Å². The zero-order valence-corrected chi connectivity index (χ0v) is 15.6. The molecule has 2 aromatic carbocycles. The fourth-order valence-corrected chi connectivity index (χ4v) is 3.62. The van der Waals surface area contributed by atoms with Gasteiger partial charge in [-0.05, 0) is 41.8 Å². The summed E-state index contributed by atoms with van der Waals surface area (Å²) in [6.45, 7) is 2.53. The van der Waals surface area contributed by atoms with Crippen molar-refractivity contribution in [1.29, 1.82) is 0 Å². The zero-order valence-electron chi connectivity index (χ0n) is 14.8. The first-order chi connectivity index (χ1) is 12.7. The summed E-state index contributed by atoms with van der Waals surface area (Å²) in [7, 11) is 1.63. The number of benzene rings is 2. The Morgan fingerprint density at radius 3 is 2.54 bits per heavy atom. The molecule has 1 heterocycles. The van der Waals surface area contributed by atoms with E-state index in [1.165, 1.54) is 11.8 Å². The normalized spacial score (nSPS) is 18.8. The molecule has 1 aliphatic rings. The van der Waals surface area contributed by atoms with Gasteiger partial charge in [-0.25, -0.2) is 0 Å². The molecule has 5 nitrogen and oxygen atoms in total. The van der Waals surface area contributed by atoms with Crippen LogP contribution in [0.15, 0.2) is 64.8 Å². The third kappa shape index (κ3) is 4.32. The third-order valence-corrected chi connectivity index (χ3v) is 5.37. The van der Waals surface area contributed by atoms with Gasteiger partial charge in [0.2, 0.25) is 5.91 Å². The Bertz CT molecular complexity index is 804. The SMILES string of the molecule is CC[C@@H]1S/C(=N/N=C\c2ccc(OC)cc2)N(Cc2ccccc2)C1=O. The molecule has 6 heteroatoms. The van der Waals surface area contributed by atoms with Gasteiger partial charge < -0.3 is 4.74 Å². The summed E-state index contributed by atoms with van der Waals surface area (Å²) in [4.78, 5) is 14.3. The summed E-state index contributed by atoms with van der Waals surface area (Å²) >= 11 is 1.48. The summed E-state index contributed by atoms with van der Waals surface area (Å²) in [5.41, 5.74) is 2.00. The molecule has 1 saturated heterocycles. The van der Waals surface area contributed by atoms with Gasteiger partial charge in [-0.15, -0.1) is 5.10 Å². The Labute approximate surface area is 157 Å². The predicted octanol–water partition coefficient (Wildman–Crippen LogP) is 3.94. The number of amidine groups is 1. The number of nitrogens with zero attached hydrogens (tertiary/aromatic N) is 3. The lowest BCUT2D eigenvalue weighted by Crippen LogP contribution is -2.31. The minimum absolute atomic E-state index is 0.0892. The van der Waals surface area contributed by atoms with Crippen LogP contribution in [0.1, 0.15) is 24.5 Å². The van der Waals surface area contributed by atoms with Gasteiger partial charge in [0.1, 0.15) is 5.75 Å². The molecule has 1 atom stereocenters. The maximum absolute atomic E-state index is 12.6. The lowest BCUT2D eigenvalue weighted by atomic mass is 10.2. The van der Waals surface area contributed by atoms with Crippen molar-refractivity contribution >= 4 is 29.1 Å². The van der Waals surface area contributed by atoms with Crippen LogP contribution in [0.3, 0.4) is 0 Å². The predicted molar refractivity (Wildman–Crippen MR) is 107 cm³/mol. The van der Waals surface area contributed by atoms with Gasteiger partial charge >= 0.3 is 0 Å². The van der Waals surface area contributed by atoms with Crippen molar-refractivity contribution in [2.24, 2.45) is 10.2 Å². The van der Waals surface area contributed by atoms with E-state index < -0.39 is 0 Å². The van der Waals surface area contributed by atoms with Gasteiger partial charge in [0.05, 0.1) is 25.1 Å². The molecule has 0 saturated carbocycles. The maximum Gasteiger partial charge on any atom is 0.242 e. The van der Waals surface area contributed by atoms with Crippen molar-refractivity contribution in [3.63, 3.8) is 0 Å². The number of ether oxygens (including phenoxy) is 1. The first kappa shape index (κ1) is 18.2. The van der Waals surface area contributed by atoms with Crippen LogP contribution in [-0.4, -0.2) is 34.5 Å². The molecular formula is C20H21N3O2S. The molecule has 0 aliphatic carbocycles. The molecule has 0 aromatic heterocycles. The Morgan fingerprint density at radius 1 is 1.15 bits per heavy atom. The second-order valence-electron chi connectivity index (χ2n) is 5.83. The minimum atomic E-state index is -0.0892. The molecule has 1 amide bonds. The molecule has 1 aliphatic heterocycles. The summed E-state index contributed by atoms with van der Waals surface area (Å²) in [6.07, 6.45) is 2.45. The van der Waals surface area contributed by atoms with Crippen LogP contribution in [0.2, 0.25) is 0 Å². The fourth-order valence-electron chi connectivity index (χ4n) is 2.59. The molecule has 3 rings (SSSR count). The quantitative estimate of drug-likeness (QED) is 0.574. The lowest BCUT2D eigenvalue weighted by molar-refractivity contribution is -0.126. The van der Waals surface area contributed by atoms with Crippen molar-refractivity contribution in [2.45, 2.75) is 25.1 Å². The van der Waals surface area contributed by atoms with E-state index in [-0.39, 0.29) is 11.2 Å². The van der Waals surface area contributed by atoms with Crippen molar-refractivity contribution in [3.05, 3.63) is 65.7 Å². The average molecular weight is 367 g/mol. The van der Waals surface area contributed by atoms with Crippen LogP contribution < -0.4 is 4.74 Å². The highest BCUT2D eigenvalue weighted by Crippen LogP contribution is 2.30. The van der Waals surface area contributed by atoms with E-state index in [0.717, 1.165) is 23.3 Å². The molecule has 0 radical (unpaired) electrons. The third-order valence-electron chi connectivity index (χ3n) is 4.04. The average Bonchev–Trinajstić information content (AvgIpc) is 2.98. The molecular weight excluding hydrogens is 346 g/mol. The number of amides is 1. The van der Waals surface area contributed by atoms with Gasteiger partial charge in [-0.2, -0.15) is 5.10 Å². The molecule has 0 bridgehead atoms. The molecule has 1 fully saturated rings. The largest absolute Gasteiger partial charge is 0.497 e. The summed E-state index contributed by atoms with van der Waals surface area (Å²) in [6, 6.07) is 17.5. The molecule has 0 spiro atoms. The number of carbonyl (C=O) groups excluding carboxylic acids is 1. The van der Waals surface area contributed by atoms with E-state index in [1.54, 1.807) is 18.2 Å². The Hall–Kier alpha value is -2.60. The molecule has 0 N–H and O–H groups in total. The Kier molecular flexibility index (Phi) is 6.07. The van der Waals surface area contributed by atoms with Crippen LogP contribution in [0.25, 0.3) is 0 Å². The second-order valence-corrected chi connectivity index (χ2v) is 6.99. The summed E-state index contributed by atoms with van der Waals surface area (Å²) in [5.74, 6) is 0.894. The molecule has 0 unspecified atom stereocenters. The summed E-state index contributed by atoms with van der Waals surface area (Å²) in [5, 5.41) is 9.05. The highest BCUT2D eigenvalue weighted by Gasteiger charge is 2.36. The van der Waals surface area contributed by atoms with E-state index in [1.807, 2.05) is 61.5 Å². The topological polar surface area (TPSA) is 54.3 Å². The highest BCUT2D eigenvalue weighted by atomic mass is 32.2. The molecule has 2 aromatic rings. The van der Waals surface area contributed by atoms with Crippen LogP contribution in [0.4, 0.5) is 0 Å². The Balaban J connectivity index is 1.76. The summed E-state index contributed by atoms with van der Waals surface area (Å²) < 4.78 is 5.14. The van der Waals surface area contributed by atoms with Gasteiger partial charge in [-0.1, -0.05) is 49.0 Å². The smallest absolute Gasteiger partial charge is 0.242 e. The number of hydrogen-bond acceptors (Lipinski definition) is 5. The van der Waals surface area contributed by atoms with Crippen LogP contribution in [0.5, 0.6) is 5.75 Å². The molecule has 134 valence electrons. The standard InChI is InChI=1S/C20H21N3O2S/c1-3-18-19(24)23(14-16-7-5-4-6-8-16)20(26-18)22-21-13-15-9-11-17(25-2)12-10-15/h4-13,18H,3,14H2,1-2H3/b21-13-,22-20+/t18-/m0/s1.